The second-order valence-corrected chi connectivity index (χ2v) is 1.90. The van der Waals surface area contributed by atoms with Crippen LogP contribution >= 0.6 is 0 Å². The molecule has 0 rings (SSSR count). The Bertz CT molecular complexity index is 138. The van der Waals surface area contributed by atoms with Crippen LogP contribution in [0.2, 0.25) is 0 Å². The van der Waals surface area contributed by atoms with E-state index in [1.807, 2.05) is 27.0 Å². The summed E-state index contributed by atoms with van der Waals surface area (Å²) >= 11 is 0. The van der Waals surface area contributed by atoms with Gasteiger partial charge in [0.05, 0.1) is 5.76 Å². The molecule has 0 bridgehead atoms. The zero-order valence-electron chi connectivity index (χ0n) is 6.90. The van der Waals surface area contributed by atoms with E-state index >= 15 is 0 Å². The number of hydrogen-bond acceptors (Lipinski definition) is 2. The van der Waals surface area contributed by atoms with Gasteiger partial charge in [-0.2, -0.15) is 0 Å². The largest absolute Gasteiger partial charge is 0.447 e. The Morgan fingerprint density at radius 2 is 2.30 bits per heavy atom. The summed E-state index contributed by atoms with van der Waals surface area (Å²) in [4.78, 5) is 0. The van der Waals surface area contributed by atoms with Gasteiger partial charge in [-0.05, 0) is 13.0 Å². The molecule has 2 heteroatoms. The summed E-state index contributed by atoms with van der Waals surface area (Å²) in [7, 11) is 1.82. The van der Waals surface area contributed by atoms with Crippen molar-refractivity contribution in [3.8, 4) is 0 Å². The third kappa shape index (κ3) is 3.17. The normalized spacial score (nSPS) is 10.9. The Hall–Kier alpha value is -0.920. The smallest absolute Gasteiger partial charge is 0.188 e. The molecular weight excluding hydrogens is 126 g/mol. The van der Waals surface area contributed by atoms with Crippen LogP contribution in [0.3, 0.4) is 0 Å². The fraction of sp³-hybridized carbons (Fsp3) is 0.500. The predicted molar refractivity (Wildman–Crippen MR) is 43.3 cm³/mol. The summed E-state index contributed by atoms with van der Waals surface area (Å²) in [5, 5.41) is 2.90. The highest BCUT2D eigenvalue weighted by Crippen LogP contribution is 2.03. The first kappa shape index (κ1) is 9.08. The molecule has 0 aromatic heterocycles. The van der Waals surface area contributed by atoms with Crippen molar-refractivity contribution in [3.05, 3.63) is 24.3 Å². The van der Waals surface area contributed by atoms with Gasteiger partial charge < -0.3 is 10.1 Å². The van der Waals surface area contributed by atoms with E-state index < -0.39 is 0 Å². The maximum atomic E-state index is 5.25. The van der Waals surface area contributed by atoms with E-state index in [0.29, 0.717) is 0 Å². The van der Waals surface area contributed by atoms with Gasteiger partial charge in [-0.25, -0.2) is 0 Å². The van der Waals surface area contributed by atoms with E-state index in [1.54, 1.807) is 0 Å². The lowest BCUT2D eigenvalue weighted by Gasteiger charge is -2.08. The van der Waals surface area contributed by atoms with Gasteiger partial charge in [-0.3, -0.25) is 0 Å². The molecule has 1 N–H and O–H groups in total. The standard InChI is InChI=1S/C8H15NO/c1-5-7(3)10-8(6-2)9-4/h6,9H,3,5H2,1-2,4H3/b8-6-. The maximum Gasteiger partial charge on any atom is 0.188 e. The lowest BCUT2D eigenvalue weighted by atomic mass is 10.4. The molecule has 58 valence electrons. The summed E-state index contributed by atoms with van der Waals surface area (Å²) in [5.41, 5.74) is 0. The molecular formula is C8H15NO. The van der Waals surface area contributed by atoms with E-state index in [9.17, 15) is 0 Å². The summed E-state index contributed by atoms with van der Waals surface area (Å²) in [6, 6.07) is 0. The number of ether oxygens (including phenoxy) is 1. The van der Waals surface area contributed by atoms with E-state index in [2.05, 4.69) is 11.9 Å². The first-order valence-electron chi connectivity index (χ1n) is 3.44. The molecule has 0 aliphatic heterocycles. The van der Waals surface area contributed by atoms with Gasteiger partial charge in [-0.15, -0.1) is 0 Å². The van der Waals surface area contributed by atoms with Crippen molar-refractivity contribution in [1.82, 2.24) is 5.32 Å². The quantitative estimate of drug-likeness (QED) is 0.605. The Morgan fingerprint density at radius 3 is 2.60 bits per heavy atom. The zero-order chi connectivity index (χ0) is 7.98. The molecule has 0 aliphatic carbocycles. The number of hydrogen-bond donors (Lipinski definition) is 1. The number of rotatable bonds is 4. The molecule has 0 aliphatic rings. The Balaban J connectivity index is 3.76. The maximum absolute atomic E-state index is 5.25. The van der Waals surface area contributed by atoms with Gasteiger partial charge in [0.1, 0.15) is 0 Å². The van der Waals surface area contributed by atoms with Crippen molar-refractivity contribution in [2.24, 2.45) is 0 Å². The molecule has 0 unspecified atom stereocenters. The fourth-order valence-electron chi connectivity index (χ4n) is 0.482. The molecule has 0 amide bonds. The Morgan fingerprint density at radius 1 is 1.70 bits per heavy atom. The van der Waals surface area contributed by atoms with E-state index in [-0.39, 0.29) is 0 Å². The molecule has 0 heterocycles. The zero-order valence-corrected chi connectivity index (χ0v) is 6.90. The molecule has 0 aromatic rings. The molecule has 0 fully saturated rings. The van der Waals surface area contributed by atoms with Crippen LogP contribution in [-0.4, -0.2) is 7.05 Å². The molecule has 0 aromatic carbocycles. The van der Waals surface area contributed by atoms with Gasteiger partial charge in [-0.1, -0.05) is 13.5 Å². The third-order valence-corrected chi connectivity index (χ3v) is 1.16. The highest BCUT2D eigenvalue weighted by atomic mass is 16.5. The van der Waals surface area contributed by atoms with Crippen molar-refractivity contribution in [2.45, 2.75) is 20.3 Å². The van der Waals surface area contributed by atoms with Gasteiger partial charge in [0.25, 0.3) is 0 Å². The number of allylic oxidation sites excluding steroid dienone is 2. The minimum absolute atomic E-state index is 0.756. The second-order valence-electron chi connectivity index (χ2n) is 1.90. The third-order valence-electron chi connectivity index (χ3n) is 1.16. The first-order valence-corrected chi connectivity index (χ1v) is 3.44. The van der Waals surface area contributed by atoms with E-state index in [1.165, 1.54) is 0 Å². The summed E-state index contributed by atoms with van der Waals surface area (Å²) in [5.74, 6) is 1.54. The van der Waals surface area contributed by atoms with Gasteiger partial charge in [0.2, 0.25) is 0 Å². The van der Waals surface area contributed by atoms with Crippen LogP contribution in [0.15, 0.2) is 24.3 Å². The second kappa shape index (κ2) is 4.91. The lowest BCUT2D eigenvalue weighted by molar-refractivity contribution is 0.272. The van der Waals surface area contributed by atoms with Crippen LogP contribution in [0.5, 0.6) is 0 Å². The fourth-order valence-corrected chi connectivity index (χ4v) is 0.482. The molecule has 0 saturated carbocycles. The van der Waals surface area contributed by atoms with Gasteiger partial charge >= 0.3 is 0 Å². The van der Waals surface area contributed by atoms with Crippen LogP contribution < -0.4 is 5.32 Å². The molecule has 0 saturated heterocycles. The summed E-state index contributed by atoms with van der Waals surface area (Å²) < 4.78 is 5.25. The molecule has 0 radical (unpaired) electrons. The summed E-state index contributed by atoms with van der Waals surface area (Å²) in [6.45, 7) is 7.62. The highest BCUT2D eigenvalue weighted by Gasteiger charge is 1.93. The predicted octanol–water partition coefficient (Wildman–Crippen LogP) is 2.01. The first-order chi connectivity index (χ1) is 4.74. The Kier molecular flexibility index (Phi) is 4.46. The minimum Gasteiger partial charge on any atom is -0.447 e. The van der Waals surface area contributed by atoms with Crippen molar-refractivity contribution < 1.29 is 4.74 Å². The molecule has 10 heavy (non-hydrogen) atoms. The van der Waals surface area contributed by atoms with Crippen LogP contribution in [0, 0.1) is 0 Å². The average molecular weight is 141 g/mol. The van der Waals surface area contributed by atoms with Gasteiger partial charge in [0.15, 0.2) is 5.88 Å². The minimum atomic E-state index is 0.756. The van der Waals surface area contributed by atoms with E-state index in [0.717, 1.165) is 18.1 Å². The van der Waals surface area contributed by atoms with Crippen molar-refractivity contribution in [3.63, 3.8) is 0 Å². The average Bonchev–Trinajstić information content (AvgIpc) is 1.99. The van der Waals surface area contributed by atoms with E-state index in [4.69, 9.17) is 4.74 Å². The monoisotopic (exact) mass is 141 g/mol. The van der Waals surface area contributed by atoms with Crippen molar-refractivity contribution in [1.29, 1.82) is 0 Å². The lowest BCUT2D eigenvalue weighted by Crippen LogP contribution is -2.08. The molecule has 0 atom stereocenters. The Labute approximate surface area is 62.6 Å². The van der Waals surface area contributed by atoms with Crippen molar-refractivity contribution in [2.75, 3.05) is 7.05 Å². The van der Waals surface area contributed by atoms with Crippen LogP contribution in [-0.2, 0) is 4.74 Å². The number of nitrogens with one attached hydrogen (secondary N) is 1. The van der Waals surface area contributed by atoms with Crippen LogP contribution in [0.1, 0.15) is 20.3 Å². The highest BCUT2D eigenvalue weighted by molar-refractivity contribution is 4.93. The topological polar surface area (TPSA) is 21.3 Å². The molecule has 2 nitrogen and oxygen atoms in total. The molecule has 0 spiro atoms. The SMILES string of the molecule is C=C(CC)O/C(=C\C)NC. The van der Waals surface area contributed by atoms with Crippen LogP contribution in [0.4, 0.5) is 0 Å². The van der Waals surface area contributed by atoms with Crippen molar-refractivity contribution >= 4 is 0 Å². The summed E-state index contributed by atoms with van der Waals surface area (Å²) in [6.07, 6.45) is 2.71. The van der Waals surface area contributed by atoms with Gasteiger partial charge in [0, 0.05) is 13.5 Å². The van der Waals surface area contributed by atoms with Crippen LogP contribution in [0.25, 0.3) is 0 Å².